The molecule has 1 saturated heterocycles. The van der Waals surface area contributed by atoms with Crippen LogP contribution in [-0.4, -0.2) is 62.9 Å². The zero-order chi connectivity index (χ0) is 19.5. The Kier molecular flexibility index (Phi) is 5.10. The van der Waals surface area contributed by atoms with Gasteiger partial charge in [0.1, 0.15) is 6.07 Å². The zero-order valence-corrected chi connectivity index (χ0v) is 15.9. The van der Waals surface area contributed by atoms with Gasteiger partial charge in [0.15, 0.2) is 17.2 Å². The highest BCUT2D eigenvalue weighted by Gasteiger charge is 2.18. The SMILES string of the molecule is CSc1nc(Nc2ccc(C(=O)N3CCOCC3)cc2)c2ncc(C#N)n2n1. The van der Waals surface area contributed by atoms with Crippen LogP contribution >= 0.6 is 11.8 Å². The number of aromatic nitrogens is 4. The van der Waals surface area contributed by atoms with Crippen molar-refractivity contribution in [3.63, 3.8) is 0 Å². The summed E-state index contributed by atoms with van der Waals surface area (Å²) < 4.78 is 6.76. The van der Waals surface area contributed by atoms with Gasteiger partial charge in [-0.3, -0.25) is 4.79 Å². The summed E-state index contributed by atoms with van der Waals surface area (Å²) in [7, 11) is 0. The van der Waals surface area contributed by atoms with Crippen molar-refractivity contribution >= 4 is 34.8 Å². The molecule has 1 aromatic carbocycles. The van der Waals surface area contributed by atoms with Crippen molar-refractivity contribution in [2.75, 3.05) is 37.9 Å². The van der Waals surface area contributed by atoms with E-state index in [0.717, 1.165) is 5.69 Å². The monoisotopic (exact) mass is 395 g/mol. The van der Waals surface area contributed by atoms with Crippen LogP contribution in [0.15, 0.2) is 35.6 Å². The molecule has 10 heteroatoms. The van der Waals surface area contributed by atoms with E-state index in [1.54, 1.807) is 17.0 Å². The molecule has 9 nitrogen and oxygen atoms in total. The van der Waals surface area contributed by atoms with Gasteiger partial charge in [0.05, 0.1) is 19.4 Å². The normalized spacial score (nSPS) is 14.1. The van der Waals surface area contributed by atoms with Crippen LogP contribution in [0.25, 0.3) is 5.65 Å². The fourth-order valence-electron chi connectivity index (χ4n) is 2.89. The first kappa shape index (κ1) is 18.2. The number of amides is 1. The Morgan fingerprint density at radius 3 is 2.71 bits per heavy atom. The van der Waals surface area contributed by atoms with Crippen molar-refractivity contribution < 1.29 is 9.53 Å². The summed E-state index contributed by atoms with van der Waals surface area (Å²) in [6, 6.07) is 9.26. The molecule has 0 aliphatic carbocycles. The molecule has 142 valence electrons. The third-order valence-electron chi connectivity index (χ3n) is 4.33. The Morgan fingerprint density at radius 1 is 1.29 bits per heavy atom. The molecule has 1 fully saturated rings. The molecule has 4 rings (SSSR count). The minimum Gasteiger partial charge on any atom is -0.378 e. The van der Waals surface area contributed by atoms with E-state index in [1.807, 2.05) is 18.4 Å². The first-order chi connectivity index (χ1) is 13.7. The van der Waals surface area contributed by atoms with Gasteiger partial charge in [-0.1, -0.05) is 11.8 Å². The van der Waals surface area contributed by atoms with Crippen molar-refractivity contribution in [3.05, 3.63) is 41.7 Å². The first-order valence-corrected chi connectivity index (χ1v) is 9.86. The van der Waals surface area contributed by atoms with Gasteiger partial charge >= 0.3 is 0 Å². The quantitative estimate of drug-likeness (QED) is 0.668. The fourth-order valence-corrected chi connectivity index (χ4v) is 3.24. The summed E-state index contributed by atoms with van der Waals surface area (Å²) in [5.74, 6) is 0.490. The van der Waals surface area contributed by atoms with Gasteiger partial charge in [0.2, 0.25) is 5.16 Å². The molecule has 0 bridgehead atoms. The first-order valence-electron chi connectivity index (χ1n) is 8.63. The number of morpholine rings is 1. The molecule has 1 amide bonds. The molecule has 0 atom stereocenters. The number of carbonyl (C=O) groups excluding carboxylic acids is 1. The minimum atomic E-state index is -0.00383. The molecule has 0 radical (unpaired) electrons. The lowest BCUT2D eigenvalue weighted by molar-refractivity contribution is 0.0303. The molecule has 3 heterocycles. The summed E-state index contributed by atoms with van der Waals surface area (Å²) in [6.07, 6.45) is 3.32. The Bertz CT molecular complexity index is 1050. The van der Waals surface area contributed by atoms with E-state index in [4.69, 9.17) is 4.74 Å². The summed E-state index contributed by atoms with van der Waals surface area (Å²) in [5.41, 5.74) is 2.18. The lowest BCUT2D eigenvalue weighted by Crippen LogP contribution is -2.40. The van der Waals surface area contributed by atoms with Crippen LogP contribution in [-0.2, 0) is 4.74 Å². The van der Waals surface area contributed by atoms with Gasteiger partial charge in [-0.05, 0) is 30.5 Å². The van der Waals surface area contributed by atoms with E-state index in [1.165, 1.54) is 22.5 Å². The number of thioether (sulfide) groups is 1. The van der Waals surface area contributed by atoms with Crippen LogP contribution in [0, 0.1) is 11.3 Å². The number of imidazole rings is 1. The number of rotatable bonds is 4. The smallest absolute Gasteiger partial charge is 0.254 e. The van der Waals surface area contributed by atoms with Gasteiger partial charge in [0, 0.05) is 24.3 Å². The molecule has 1 aliphatic rings. The van der Waals surface area contributed by atoms with Crippen LogP contribution < -0.4 is 5.32 Å². The topological polar surface area (TPSA) is 108 Å². The molecular weight excluding hydrogens is 378 g/mol. The van der Waals surface area contributed by atoms with Gasteiger partial charge in [0.25, 0.3) is 5.91 Å². The number of ether oxygens (including phenoxy) is 1. The number of benzene rings is 1. The average Bonchev–Trinajstić information content (AvgIpc) is 3.17. The minimum absolute atomic E-state index is 0.00383. The second kappa shape index (κ2) is 7.84. The van der Waals surface area contributed by atoms with Gasteiger partial charge in [-0.2, -0.15) is 14.8 Å². The molecule has 3 aromatic rings. The fraction of sp³-hybridized carbons (Fsp3) is 0.278. The number of nitrogens with zero attached hydrogens (tertiary/aromatic N) is 6. The maximum absolute atomic E-state index is 12.5. The van der Waals surface area contributed by atoms with Crippen molar-refractivity contribution in [2.24, 2.45) is 0 Å². The second-order valence-electron chi connectivity index (χ2n) is 6.04. The standard InChI is InChI=1S/C18H17N7O2S/c1-28-18-22-15(16-20-11-14(10-19)25(16)23-18)21-13-4-2-12(3-5-13)17(26)24-6-8-27-9-7-24/h2-5,11H,6-9H2,1H3,(H,21,22,23). The summed E-state index contributed by atoms with van der Waals surface area (Å²) in [5, 5.41) is 17.2. The van der Waals surface area contributed by atoms with E-state index in [0.29, 0.717) is 54.2 Å². The molecule has 0 saturated carbocycles. The van der Waals surface area contributed by atoms with Crippen LogP contribution in [0.1, 0.15) is 16.1 Å². The number of nitriles is 1. The number of hydrogen-bond donors (Lipinski definition) is 1. The molecule has 0 unspecified atom stereocenters. The molecular formula is C18H17N7O2S. The Labute approximate surface area is 165 Å². The lowest BCUT2D eigenvalue weighted by Gasteiger charge is -2.26. The van der Waals surface area contributed by atoms with E-state index in [2.05, 4.69) is 26.5 Å². The van der Waals surface area contributed by atoms with Crippen molar-refractivity contribution in [1.82, 2.24) is 24.5 Å². The van der Waals surface area contributed by atoms with Crippen LogP contribution in [0.3, 0.4) is 0 Å². The molecule has 28 heavy (non-hydrogen) atoms. The molecule has 2 aromatic heterocycles. The van der Waals surface area contributed by atoms with Crippen molar-refractivity contribution in [1.29, 1.82) is 5.26 Å². The Morgan fingerprint density at radius 2 is 2.04 bits per heavy atom. The predicted octanol–water partition coefficient (Wildman–Crippen LogP) is 1.93. The second-order valence-corrected chi connectivity index (χ2v) is 6.82. The van der Waals surface area contributed by atoms with E-state index < -0.39 is 0 Å². The van der Waals surface area contributed by atoms with Crippen LogP contribution in [0.2, 0.25) is 0 Å². The number of hydrogen-bond acceptors (Lipinski definition) is 8. The van der Waals surface area contributed by atoms with Crippen molar-refractivity contribution in [3.8, 4) is 6.07 Å². The Balaban J connectivity index is 1.58. The highest BCUT2D eigenvalue weighted by molar-refractivity contribution is 7.98. The third kappa shape index (κ3) is 3.49. The molecule has 0 spiro atoms. The maximum atomic E-state index is 12.5. The zero-order valence-electron chi connectivity index (χ0n) is 15.1. The summed E-state index contributed by atoms with van der Waals surface area (Å²) in [4.78, 5) is 23.0. The third-order valence-corrected chi connectivity index (χ3v) is 4.87. The molecule has 1 N–H and O–H groups in total. The van der Waals surface area contributed by atoms with Gasteiger partial charge in [-0.15, -0.1) is 5.10 Å². The van der Waals surface area contributed by atoms with Gasteiger partial charge in [-0.25, -0.2) is 4.98 Å². The number of carbonyl (C=O) groups is 1. The van der Waals surface area contributed by atoms with E-state index >= 15 is 0 Å². The van der Waals surface area contributed by atoms with E-state index in [9.17, 15) is 10.1 Å². The van der Waals surface area contributed by atoms with Crippen LogP contribution in [0.5, 0.6) is 0 Å². The lowest BCUT2D eigenvalue weighted by atomic mass is 10.1. The summed E-state index contributed by atoms with van der Waals surface area (Å²) in [6.45, 7) is 2.36. The average molecular weight is 395 g/mol. The largest absolute Gasteiger partial charge is 0.378 e. The van der Waals surface area contributed by atoms with E-state index in [-0.39, 0.29) is 5.91 Å². The highest BCUT2D eigenvalue weighted by atomic mass is 32.2. The van der Waals surface area contributed by atoms with Crippen molar-refractivity contribution in [2.45, 2.75) is 5.16 Å². The van der Waals surface area contributed by atoms with Crippen LogP contribution in [0.4, 0.5) is 11.5 Å². The predicted molar refractivity (Wildman–Crippen MR) is 104 cm³/mol. The number of fused-ring (bicyclic) bond motifs is 1. The Hall–Kier alpha value is -3.16. The maximum Gasteiger partial charge on any atom is 0.254 e. The number of nitrogens with one attached hydrogen (secondary N) is 1. The summed E-state index contributed by atoms with van der Waals surface area (Å²) >= 11 is 1.37. The number of anilines is 2. The highest BCUT2D eigenvalue weighted by Crippen LogP contribution is 2.22. The van der Waals surface area contributed by atoms with Gasteiger partial charge < -0.3 is 15.0 Å². The molecule has 1 aliphatic heterocycles.